The average Bonchev–Trinajstić information content (AvgIpc) is 3.10. The number of carbonyl (C=O) groups excluding carboxylic acids is 2. The Morgan fingerprint density at radius 2 is 2.23 bits per heavy atom. The lowest BCUT2D eigenvalue weighted by Crippen LogP contribution is -2.49. The summed E-state index contributed by atoms with van der Waals surface area (Å²) < 4.78 is 2.04. The van der Waals surface area contributed by atoms with Gasteiger partial charge in [0.2, 0.25) is 18.9 Å². The summed E-state index contributed by atoms with van der Waals surface area (Å²) in [7, 11) is -1.57. The van der Waals surface area contributed by atoms with Crippen molar-refractivity contribution in [3.05, 3.63) is 35.4 Å². The zero-order chi connectivity index (χ0) is 21.1. The Hall–Kier alpha value is -2.63. The van der Waals surface area contributed by atoms with Crippen LogP contribution in [0, 0.1) is 0 Å². The fraction of sp³-hybridized carbons (Fsp3) is 0.368. The molecular formula is C19H23BN5O4S+. The van der Waals surface area contributed by atoms with Gasteiger partial charge in [-0.3, -0.25) is 14.6 Å². The number of benzene rings is 1. The van der Waals surface area contributed by atoms with E-state index < -0.39 is 13.1 Å². The van der Waals surface area contributed by atoms with E-state index in [1.54, 1.807) is 24.2 Å². The van der Waals surface area contributed by atoms with Crippen LogP contribution in [0.2, 0.25) is 0 Å². The molecule has 0 saturated carbocycles. The number of hydrogen-bond acceptors (Lipinski definition) is 7. The van der Waals surface area contributed by atoms with Crippen molar-refractivity contribution in [1.29, 1.82) is 0 Å². The van der Waals surface area contributed by atoms with Gasteiger partial charge in [-0.2, -0.15) is 3.98 Å². The van der Waals surface area contributed by atoms with Gasteiger partial charge in [0.1, 0.15) is 0 Å². The van der Waals surface area contributed by atoms with Gasteiger partial charge in [0.05, 0.1) is 35.9 Å². The van der Waals surface area contributed by atoms with E-state index in [-0.39, 0.29) is 18.4 Å². The third-order valence-electron chi connectivity index (χ3n) is 5.29. The number of carbonyl (C=O) groups is 2. The van der Waals surface area contributed by atoms with E-state index in [0.717, 1.165) is 22.7 Å². The molecule has 9 nitrogen and oxygen atoms in total. The second kappa shape index (κ2) is 9.03. The van der Waals surface area contributed by atoms with Crippen molar-refractivity contribution in [2.24, 2.45) is 4.99 Å². The molecule has 1 aromatic carbocycles. The highest BCUT2D eigenvalue weighted by molar-refractivity contribution is 7.93. The Balaban J connectivity index is 1.46. The molecule has 0 aromatic heterocycles. The summed E-state index contributed by atoms with van der Waals surface area (Å²) in [4.78, 5) is 32.1. The molecule has 1 aromatic rings. The molecule has 2 amide bonds. The Labute approximate surface area is 178 Å². The van der Waals surface area contributed by atoms with Crippen LogP contribution in [0.3, 0.4) is 0 Å². The first-order chi connectivity index (χ1) is 14.5. The fourth-order valence-corrected chi connectivity index (χ4v) is 4.53. The number of rotatable bonds is 6. The van der Waals surface area contributed by atoms with Crippen molar-refractivity contribution in [3.63, 3.8) is 0 Å². The first-order valence-electron chi connectivity index (χ1n) is 9.81. The molecule has 0 radical (unpaired) electrons. The van der Waals surface area contributed by atoms with Crippen LogP contribution >= 0.6 is 11.9 Å². The van der Waals surface area contributed by atoms with Crippen LogP contribution in [0.4, 0.5) is 0 Å². The summed E-state index contributed by atoms with van der Waals surface area (Å²) in [6.45, 7) is 1.50. The zero-order valence-electron chi connectivity index (χ0n) is 16.3. The lowest BCUT2D eigenvalue weighted by molar-refractivity contribution is -0.381. The number of aliphatic imine (C=N–C) groups is 1. The normalized spacial score (nSPS) is 19.7. The minimum absolute atomic E-state index is 0.200. The predicted octanol–water partition coefficient (Wildman–Crippen LogP) is -0.618. The predicted molar refractivity (Wildman–Crippen MR) is 115 cm³/mol. The molecule has 0 spiro atoms. The Morgan fingerprint density at radius 3 is 2.97 bits per heavy atom. The van der Waals surface area contributed by atoms with Crippen LogP contribution in [0.5, 0.6) is 0 Å². The summed E-state index contributed by atoms with van der Waals surface area (Å²) in [6, 6.07) is 5.94. The molecule has 4 rings (SSSR count). The molecule has 3 heterocycles. The minimum Gasteiger partial charge on any atom is -0.426 e. The van der Waals surface area contributed by atoms with E-state index in [2.05, 4.69) is 15.6 Å². The van der Waals surface area contributed by atoms with E-state index >= 15 is 0 Å². The Morgan fingerprint density at radius 1 is 1.40 bits per heavy atom. The monoisotopic (exact) mass is 428 g/mol. The molecule has 1 fully saturated rings. The summed E-state index contributed by atoms with van der Waals surface area (Å²) in [5, 5.41) is 24.6. The van der Waals surface area contributed by atoms with E-state index in [9.17, 15) is 19.6 Å². The number of fused-ring (bicyclic) bond motifs is 1. The molecule has 1 atom stereocenters. The SMILES string of the molecule is O=C(NCC(=O)N1CCCC1B(O)O)C1=CC=NCc2ccc(S[N+]3=CNC3)cc21. The van der Waals surface area contributed by atoms with E-state index in [1.807, 2.05) is 28.5 Å². The van der Waals surface area contributed by atoms with E-state index in [0.29, 0.717) is 31.5 Å². The smallest absolute Gasteiger partial charge is 0.426 e. The van der Waals surface area contributed by atoms with Crippen molar-refractivity contribution >= 4 is 49.0 Å². The van der Waals surface area contributed by atoms with Gasteiger partial charge in [-0.15, -0.1) is 0 Å². The lowest BCUT2D eigenvalue weighted by atomic mass is 9.78. The molecule has 1 unspecified atom stereocenters. The molecule has 1 saturated heterocycles. The molecule has 0 bridgehead atoms. The summed E-state index contributed by atoms with van der Waals surface area (Å²) in [5.41, 5.74) is 2.18. The number of likely N-dealkylation sites (tertiary alicyclic amines) is 1. The lowest BCUT2D eigenvalue weighted by Gasteiger charge is -2.24. The molecular weight excluding hydrogens is 405 g/mol. The number of amides is 2. The van der Waals surface area contributed by atoms with Gasteiger partial charge in [0.15, 0.2) is 0 Å². The molecule has 11 heteroatoms. The third-order valence-corrected chi connectivity index (χ3v) is 6.23. The molecule has 156 valence electrons. The van der Waals surface area contributed by atoms with Gasteiger partial charge in [-0.1, -0.05) is 6.07 Å². The topological polar surface area (TPSA) is 117 Å². The van der Waals surface area contributed by atoms with E-state index in [4.69, 9.17) is 0 Å². The maximum absolute atomic E-state index is 12.9. The van der Waals surface area contributed by atoms with Gasteiger partial charge in [-0.05, 0) is 42.2 Å². The van der Waals surface area contributed by atoms with Crippen LogP contribution in [0.15, 0.2) is 34.2 Å². The first-order valence-corrected chi connectivity index (χ1v) is 10.6. The maximum atomic E-state index is 12.9. The summed E-state index contributed by atoms with van der Waals surface area (Å²) in [5.74, 6) is -1.31. The van der Waals surface area contributed by atoms with Gasteiger partial charge in [0.25, 0.3) is 5.91 Å². The standard InChI is InChI=1S/C19H22BN5O4S/c26-18(25-7-1-2-17(25)20(28)29)10-23-19(27)15-5-6-21-9-13-3-4-14(8-16(13)15)30-24-11-22-12-24/h3-6,8,11,17,28-29H,1-2,7,9-10,12H2,(H,23,27)/p+1. The van der Waals surface area contributed by atoms with Crippen molar-refractivity contribution < 1.29 is 23.6 Å². The van der Waals surface area contributed by atoms with Crippen LogP contribution in [-0.4, -0.2) is 76.1 Å². The van der Waals surface area contributed by atoms with Crippen LogP contribution in [0.25, 0.3) is 5.57 Å². The maximum Gasteiger partial charge on any atom is 0.475 e. The number of nitrogens with zero attached hydrogens (tertiary/aromatic N) is 3. The largest absolute Gasteiger partial charge is 0.475 e. The van der Waals surface area contributed by atoms with Crippen LogP contribution in [-0.2, 0) is 16.1 Å². The van der Waals surface area contributed by atoms with Crippen molar-refractivity contribution in [2.45, 2.75) is 30.2 Å². The van der Waals surface area contributed by atoms with Gasteiger partial charge in [-0.25, -0.2) is 5.32 Å². The van der Waals surface area contributed by atoms with Gasteiger partial charge in [0, 0.05) is 18.3 Å². The van der Waals surface area contributed by atoms with Gasteiger partial charge < -0.3 is 20.3 Å². The third kappa shape index (κ3) is 4.42. The fourth-order valence-electron chi connectivity index (χ4n) is 3.69. The number of allylic oxidation sites excluding steroid dienone is 1. The highest BCUT2D eigenvalue weighted by Crippen LogP contribution is 2.29. The Kier molecular flexibility index (Phi) is 6.21. The highest BCUT2D eigenvalue weighted by Gasteiger charge is 2.36. The summed E-state index contributed by atoms with van der Waals surface area (Å²) >= 11 is 1.57. The minimum atomic E-state index is -1.57. The van der Waals surface area contributed by atoms with Crippen molar-refractivity contribution in [2.75, 3.05) is 19.8 Å². The number of nitrogens with one attached hydrogen (secondary N) is 2. The average molecular weight is 428 g/mol. The molecule has 4 N–H and O–H groups in total. The summed E-state index contributed by atoms with van der Waals surface area (Å²) in [6.07, 6.45) is 6.39. The first kappa shape index (κ1) is 20.6. The molecule has 0 aliphatic carbocycles. The van der Waals surface area contributed by atoms with Gasteiger partial charge >= 0.3 is 7.12 Å². The molecule has 30 heavy (non-hydrogen) atoms. The second-order valence-corrected chi connectivity index (χ2v) is 8.40. The molecule has 3 aliphatic heterocycles. The van der Waals surface area contributed by atoms with Crippen LogP contribution < -0.4 is 10.6 Å². The van der Waals surface area contributed by atoms with Crippen LogP contribution in [0.1, 0.15) is 24.0 Å². The molecule has 3 aliphatic rings. The van der Waals surface area contributed by atoms with E-state index in [1.165, 1.54) is 4.90 Å². The highest BCUT2D eigenvalue weighted by atomic mass is 32.2. The van der Waals surface area contributed by atoms with Crippen molar-refractivity contribution in [1.82, 2.24) is 15.5 Å². The quantitative estimate of drug-likeness (QED) is 0.273. The number of hydrogen-bond donors (Lipinski definition) is 4. The van der Waals surface area contributed by atoms with Crippen molar-refractivity contribution in [3.8, 4) is 0 Å². The zero-order valence-corrected chi connectivity index (χ0v) is 17.1. The second-order valence-electron chi connectivity index (χ2n) is 7.28. The Bertz CT molecular complexity index is 949.